The number of nitrogens with one attached hydrogen (secondary N) is 1. The zero-order valence-corrected chi connectivity index (χ0v) is 17.3. The average Bonchev–Trinajstić information content (AvgIpc) is 3.05. The largest absolute Gasteiger partial charge is 0.416 e. The number of benzene rings is 2. The lowest BCUT2D eigenvalue weighted by Crippen LogP contribution is -2.05. The van der Waals surface area contributed by atoms with Crippen molar-refractivity contribution in [3.63, 3.8) is 0 Å². The van der Waals surface area contributed by atoms with Gasteiger partial charge in [-0.1, -0.05) is 43.1 Å². The predicted octanol–water partition coefficient (Wildman–Crippen LogP) is 7.13. The van der Waals surface area contributed by atoms with Gasteiger partial charge in [-0.25, -0.2) is 0 Å². The van der Waals surface area contributed by atoms with Gasteiger partial charge in [-0.2, -0.15) is 13.2 Å². The summed E-state index contributed by atoms with van der Waals surface area (Å²) in [6.45, 7) is 2.73. The Morgan fingerprint density at radius 1 is 1.03 bits per heavy atom. The Labute approximate surface area is 174 Å². The van der Waals surface area contributed by atoms with Crippen molar-refractivity contribution < 1.29 is 13.2 Å². The van der Waals surface area contributed by atoms with E-state index in [1.165, 1.54) is 11.6 Å². The predicted molar refractivity (Wildman–Crippen MR) is 114 cm³/mol. The Kier molecular flexibility index (Phi) is 6.91. The Hall–Kier alpha value is -1.98. The maximum atomic E-state index is 13.3. The highest BCUT2D eigenvalue weighted by Crippen LogP contribution is 2.40. The molecule has 0 atom stereocenters. The highest BCUT2D eigenvalue weighted by atomic mass is 35.5. The molecule has 0 fully saturated rings. The summed E-state index contributed by atoms with van der Waals surface area (Å²) in [6, 6.07) is 9.62. The molecule has 0 saturated heterocycles. The fraction of sp³-hybridized carbons (Fsp3) is 0.391. The second kappa shape index (κ2) is 9.23. The summed E-state index contributed by atoms with van der Waals surface area (Å²) in [6.07, 6.45) is 1.09. The average molecular weight is 423 g/mol. The molecule has 6 heteroatoms. The first-order valence-electron chi connectivity index (χ1n) is 10.1. The first-order valence-corrected chi connectivity index (χ1v) is 10.4. The molecule has 2 aromatic carbocycles. The molecule has 1 aromatic heterocycles. The molecule has 3 N–H and O–H groups in total. The van der Waals surface area contributed by atoms with Gasteiger partial charge in [0.05, 0.1) is 11.3 Å². The van der Waals surface area contributed by atoms with Crippen LogP contribution in [-0.4, -0.2) is 11.5 Å². The van der Waals surface area contributed by atoms with Crippen LogP contribution in [0.2, 0.25) is 5.02 Å². The van der Waals surface area contributed by atoms with Crippen molar-refractivity contribution in [3.05, 3.63) is 58.1 Å². The zero-order valence-electron chi connectivity index (χ0n) is 16.5. The Morgan fingerprint density at radius 3 is 2.52 bits per heavy atom. The summed E-state index contributed by atoms with van der Waals surface area (Å²) >= 11 is 6.36. The van der Waals surface area contributed by atoms with Gasteiger partial charge >= 0.3 is 6.18 Å². The fourth-order valence-corrected chi connectivity index (χ4v) is 3.95. The number of hydrogen-bond donors (Lipinski definition) is 2. The highest BCUT2D eigenvalue weighted by Gasteiger charge is 2.31. The van der Waals surface area contributed by atoms with Crippen LogP contribution in [0, 0.1) is 0 Å². The van der Waals surface area contributed by atoms with Gasteiger partial charge in [0.25, 0.3) is 0 Å². The number of alkyl halides is 3. The fourth-order valence-electron chi connectivity index (χ4n) is 3.74. The molecule has 0 saturated carbocycles. The van der Waals surface area contributed by atoms with Crippen molar-refractivity contribution in [2.24, 2.45) is 5.73 Å². The van der Waals surface area contributed by atoms with Crippen LogP contribution in [0.5, 0.6) is 0 Å². The Morgan fingerprint density at radius 2 is 1.83 bits per heavy atom. The number of aryl methyl sites for hydroxylation is 2. The molecule has 29 heavy (non-hydrogen) atoms. The molecule has 0 aliphatic heterocycles. The van der Waals surface area contributed by atoms with Crippen LogP contribution in [0.3, 0.4) is 0 Å². The third kappa shape index (κ3) is 4.78. The number of H-pyrrole nitrogens is 1. The molecule has 3 aromatic rings. The topological polar surface area (TPSA) is 41.8 Å². The molecule has 1 heterocycles. The third-order valence-electron chi connectivity index (χ3n) is 5.27. The van der Waals surface area contributed by atoms with Gasteiger partial charge in [-0.15, -0.1) is 0 Å². The van der Waals surface area contributed by atoms with Crippen LogP contribution in [0.4, 0.5) is 13.2 Å². The summed E-state index contributed by atoms with van der Waals surface area (Å²) < 4.78 is 39.9. The van der Waals surface area contributed by atoms with Crippen molar-refractivity contribution in [3.8, 4) is 11.3 Å². The van der Waals surface area contributed by atoms with Crippen LogP contribution in [-0.2, 0) is 19.0 Å². The molecule has 3 rings (SSSR count). The van der Waals surface area contributed by atoms with Crippen molar-refractivity contribution in [2.75, 3.05) is 6.54 Å². The molecule has 0 spiro atoms. The molecular formula is C23H26ClF3N2. The van der Waals surface area contributed by atoms with E-state index in [0.29, 0.717) is 22.8 Å². The molecule has 0 bridgehead atoms. The number of aromatic nitrogens is 1. The van der Waals surface area contributed by atoms with Gasteiger partial charge in [-0.3, -0.25) is 0 Å². The maximum absolute atomic E-state index is 13.3. The molecule has 0 unspecified atom stereocenters. The summed E-state index contributed by atoms with van der Waals surface area (Å²) in [7, 11) is 0. The van der Waals surface area contributed by atoms with Gasteiger partial charge in [0.2, 0.25) is 0 Å². The third-order valence-corrected chi connectivity index (χ3v) is 5.60. The van der Waals surface area contributed by atoms with Crippen molar-refractivity contribution in [2.45, 2.75) is 51.6 Å². The van der Waals surface area contributed by atoms with Gasteiger partial charge < -0.3 is 10.7 Å². The van der Waals surface area contributed by atoms with E-state index >= 15 is 0 Å². The van der Waals surface area contributed by atoms with Gasteiger partial charge in [0.1, 0.15) is 0 Å². The molecular weight excluding hydrogens is 397 g/mol. The number of aromatic amines is 1. The molecule has 2 nitrogen and oxygen atoms in total. The molecule has 0 radical (unpaired) electrons. The van der Waals surface area contributed by atoms with E-state index in [1.807, 2.05) is 12.1 Å². The van der Waals surface area contributed by atoms with Crippen LogP contribution in [0.1, 0.15) is 49.3 Å². The number of nitrogens with two attached hydrogens (primary N) is 1. The lowest BCUT2D eigenvalue weighted by molar-refractivity contribution is -0.137. The molecule has 156 valence electrons. The lowest BCUT2D eigenvalue weighted by Gasteiger charge is -2.11. The first-order chi connectivity index (χ1) is 13.9. The minimum atomic E-state index is -4.42. The van der Waals surface area contributed by atoms with Gasteiger partial charge in [-0.05, 0) is 68.0 Å². The van der Waals surface area contributed by atoms with E-state index in [9.17, 15) is 13.2 Å². The summed E-state index contributed by atoms with van der Waals surface area (Å²) in [5, 5.41) is 1.36. The number of rotatable bonds is 8. The second-order valence-electron chi connectivity index (χ2n) is 7.36. The molecule has 0 aliphatic rings. The Bertz CT molecular complexity index is 976. The van der Waals surface area contributed by atoms with Crippen LogP contribution < -0.4 is 5.73 Å². The number of fused-ring (bicyclic) bond motifs is 1. The van der Waals surface area contributed by atoms with Crippen molar-refractivity contribution in [1.82, 2.24) is 4.98 Å². The van der Waals surface area contributed by atoms with Crippen molar-refractivity contribution in [1.29, 1.82) is 0 Å². The number of para-hydroxylation sites is 1. The zero-order chi connectivity index (χ0) is 21.0. The summed E-state index contributed by atoms with van der Waals surface area (Å²) in [4.78, 5) is 3.42. The van der Waals surface area contributed by atoms with Crippen LogP contribution in [0.15, 0.2) is 36.4 Å². The minimum absolute atomic E-state index is 0.305. The normalized spacial score (nSPS) is 12.1. The standard InChI is InChI=1S/C23H26ClF3N2/c1-2-3-7-15-8-6-10-17-18(9-4-5-13-28)22(29-21(15)17)19-14-16(23(25,26)27)11-12-20(19)24/h6,8,10-12,14,29H,2-5,7,9,13,28H2,1H3. The first kappa shape index (κ1) is 21.7. The quantitative estimate of drug-likeness (QED) is 0.372. The van der Waals surface area contributed by atoms with E-state index in [0.717, 1.165) is 67.1 Å². The number of hydrogen-bond acceptors (Lipinski definition) is 1. The molecule has 0 aliphatic carbocycles. The van der Waals surface area contributed by atoms with E-state index in [-0.39, 0.29) is 0 Å². The van der Waals surface area contributed by atoms with E-state index < -0.39 is 11.7 Å². The summed E-state index contributed by atoms with van der Waals surface area (Å²) in [5.41, 5.74) is 9.20. The van der Waals surface area contributed by atoms with E-state index in [4.69, 9.17) is 17.3 Å². The minimum Gasteiger partial charge on any atom is -0.354 e. The van der Waals surface area contributed by atoms with Gasteiger partial charge in [0, 0.05) is 21.5 Å². The van der Waals surface area contributed by atoms with E-state index in [2.05, 4.69) is 18.0 Å². The van der Waals surface area contributed by atoms with Gasteiger partial charge in [0.15, 0.2) is 0 Å². The Balaban J connectivity index is 2.19. The number of unbranched alkanes of at least 4 members (excludes halogenated alkanes) is 2. The SMILES string of the molecule is CCCCc1cccc2c(CCCCN)c(-c3cc(C(F)(F)F)ccc3Cl)[nH]c12. The monoisotopic (exact) mass is 422 g/mol. The second-order valence-corrected chi connectivity index (χ2v) is 7.77. The highest BCUT2D eigenvalue weighted by molar-refractivity contribution is 6.33. The smallest absolute Gasteiger partial charge is 0.354 e. The number of halogens is 4. The van der Waals surface area contributed by atoms with E-state index in [1.54, 1.807) is 0 Å². The van der Waals surface area contributed by atoms with Crippen LogP contribution >= 0.6 is 11.6 Å². The lowest BCUT2D eigenvalue weighted by atomic mass is 9.97. The van der Waals surface area contributed by atoms with Crippen LogP contribution in [0.25, 0.3) is 22.2 Å². The maximum Gasteiger partial charge on any atom is 0.416 e. The van der Waals surface area contributed by atoms with Crippen molar-refractivity contribution >= 4 is 22.5 Å². The summed E-state index contributed by atoms with van der Waals surface area (Å²) in [5.74, 6) is 0. The molecule has 0 amide bonds.